The summed E-state index contributed by atoms with van der Waals surface area (Å²) in [6.07, 6.45) is -8.01. The van der Waals surface area contributed by atoms with Crippen molar-refractivity contribution in [3.63, 3.8) is 0 Å². The number of fused-ring (bicyclic) bond motifs is 1. The molecule has 8 heteroatoms. The van der Waals surface area contributed by atoms with Gasteiger partial charge in [-0.3, -0.25) is 0 Å². The lowest BCUT2D eigenvalue weighted by Crippen LogP contribution is -2.39. The number of thiophene rings is 1. The zero-order valence-corrected chi connectivity index (χ0v) is 12.1. The number of carboxylic acid groups (broad SMARTS) is 1. The van der Waals surface area contributed by atoms with Gasteiger partial charge in [-0.15, -0.1) is 11.3 Å². The van der Waals surface area contributed by atoms with Crippen LogP contribution in [0.4, 0.5) is 18.0 Å². The third-order valence-corrected chi connectivity index (χ3v) is 4.04. The van der Waals surface area contributed by atoms with Crippen LogP contribution < -0.4 is 4.74 Å². The van der Waals surface area contributed by atoms with E-state index in [1.165, 1.54) is 17.4 Å². The molecule has 0 amide bonds. The molecule has 1 unspecified atom stereocenters. The summed E-state index contributed by atoms with van der Waals surface area (Å²) in [6, 6.07) is 8.42. The molecule has 2 heterocycles. The van der Waals surface area contributed by atoms with Crippen molar-refractivity contribution >= 4 is 23.6 Å². The van der Waals surface area contributed by atoms with Gasteiger partial charge in [0.25, 0.3) is 6.10 Å². The predicted molar refractivity (Wildman–Crippen MR) is 77.3 cm³/mol. The molecule has 1 aromatic heterocycles. The lowest BCUT2D eigenvalue weighted by atomic mass is 10.0. The Labute approximate surface area is 132 Å². The fraction of sp³-hybridized carbons (Fsp3) is 0.133. The van der Waals surface area contributed by atoms with Crippen molar-refractivity contribution in [3.05, 3.63) is 47.0 Å². The standard InChI is InChI=1S/C15H9F3O4S/c16-15(17,18)13-11(22-14(19)20)7-9-6-8(3-4-10(9)21-13)12-2-1-5-23-12/h1-7,13H,(H,19,20). The normalized spacial score (nSPS) is 17.0. The SMILES string of the molecule is O=C(O)OC1=Cc2cc(-c3cccs3)ccc2OC1C(F)(F)F. The first-order valence-corrected chi connectivity index (χ1v) is 7.26. The number of hydrogen-bond acceptors (Lipinski definition) is 4. The van der Waals surface area contributed by atoms with Crippen LogP contribution in [0.15, 0.2) is 41.5 Å². The molecule has 3 rings (SSSR count). The number of ether oxygens (including phenoxy) is 2. The van der Waals surface area contributed by atoms with Crippen molar-refractivity contribution in [2.75, 3.05) is 0 Å². The molecule has 0 saturated carbocycles. The van der Waals surface area contributed by atoms with E-state index in [2.05, 4.69) is 4.74 Å². The number of alkyl halides is 3. The average molecular weight is 342 g/mol. The molecule has 1 N–H and O–H groups in total. The Morgan fingerprint density at radius 1 is 1.30 bits per heavy atom. The number of halogens is 3. The highest BCUT2D eigenvalue weighted by atomic mass is 32.1. The molecule has 120 valence electrons. The fourth-order valence-electron chi connectivity index (χ4n) is 2.19. The smallest absolute Gasteiger partial charge is 0.472 e. The molecule has 0 fully saturated rings. The van der Waals surface area contributed by atoms with E-state index >= 15 is 0 Å². The second kappa shape index (κ2) is 5.62. The number of hydrogen-bond donors (Lipinski definition) is 1. The molecule has 0 saturated heterocycles. The van der Waals surface area contributed by atoms with Crippen LogP contribution in [0.5, 0.6) is 5.75 Å². The summed E-state index contributed by atoms with van der Waals surface area (Å²) < 4.78 is 48.2. The molecule has 1 aromatic carbocycles. The van der Waals surface area contributed by atoms with E-state index < -0.39 is 24.2 Å². The molecular weight excluding hydrogens is 333 g/mol. The molecule has 0 bridgehead atoms. The van der Waals surface area contributed by atoms with E-state index in [1.807, 2.05) is 17.5 Å². The number of benzene rings is 1. The Balaban J connectivity index is 2.03. The van der Waals surface area contributed by atoms with E-state index in [1.54, 1.807) is 12.1 Å². The van der Waals surface area contributed by atoms with Crippen molar-refractivity contribution in [1.82, 2.24) is 0 Å². The molecule has 4 nitrogen and oxygen atoms in total. The van der Waals surface area contributed by atoms with Crippen LogP contribution in [0.3, 0.4) is 0 Å². The zero-order chi connectivity index (χ0) is 16.6. The van der Waals surface area contributed by atoms with Gasteiger partial charge in [0.2, 0.25) is 0 Å². The van der Waals surface area contributed by atoms with Crippen molar-refractivity contribution in [3.8, 4) is 16.2 Å². The Kier molecular flexibility index (Phi) is 3.77. The quantitative estimate of drug-likeness (QED) is 0.799. The van der Waals surface area contributed by atoms with Gasteiger partial charge in [-0.05, 0) is 41.3 Å². The van der Waals surface area contributed by atoms with Gasteiger partial charge in [-0.25, -0.2) is 4.79 Å². The van der Waals surface area contributed by atoms with Crippen LogP contribution >= 0.6 is 11.3 Å². The lowest BCUT2D eigenvalue weighted by molar-refractivity contribution is -0.191. The summed E-state index contributed by atoms with van der Waals surface area (Å²) in [5.41, 5.74) is 1.12. The van der Waals surface area contributed by atoms with Gasteiger partial charge in [0.05, 0.1) is 0 Å². The van der Waals surface area contributed by atoms with E-state index in [0.717, 1.165) is 16.5 Å². The minimum absolute atomic E-state index is 0.0189. The maximum Gasteiger partial charge on any atom is 0.511 e. The molecule has 2 aromatic rings. The first-order chi connectivity index (χ1) is 10.8. The van der Waals surface area contributed by atoms with Crippen LogP contribution in [0.2, 0.25) is 0 Å². The van der Waals surface area contributed by atoms with Gasteiger partial charge in [0, 0.05) is 10.4 Å². The highest BCUT2D eigenvalue weighted by molar-refractivity contribution is 7.13. The Hall–Kier alpha value is -2.48. The minimum atomic E-state index is -4.79. The topological polar surface area (TPSA) is 55.8 Å². The second-order valence-electron chi connectivity index (χ2n) is 4.68. The summed E-state index contributed by atoms with van der Waals surface area (Å²) in [5.74, 6) is -0.786. The van der Waals surface area contributed by atoms with Crippen LogP contribution in [-0.2, 0) is 4.74 Å². The van der Waals surface area contributed by atoms with Crippen molar-refractivity contribution < 1.29 is 32.5 Å². The fourth-order valence-corrected chi connectivity index (χ4v) is 2.91. The third-order valence-electron chi connectivity index (χ3n) is 3.12. The number of carbonyl (C=O) groups is 1. The first kappa shape index (κ1) is 15.4. The zero-order valence-electron chi connectivity index (χ0n) is 11.3. The minimum Gasteiger partial charge on any atom is -0.472 e. The molecular formula is C15H9F3O4S. The van der Waals surface area contributed by atoms with Gasteiger partial charge >= 0.3 is 12.3 Å². The summed E-state index contributed by atoms with van der Waals surface area (Å²) in [6.45, 7) is 0. The monoisotopic (exact) mass is 342 g/mol. The molecule has 0 radical (unpaired) electrons. The highest BCUT2D eigenvalue weighted by Crippen LogP contribution is 2.39. The summed E-state index contributed by atoms with van der Waals surface area (Å²) in [7, 11) is 0. The van der Waals surface area contributed by atoms with Crippen molar-refractivity contribution in [1.29, 1.82) is 0 Å². The van der Waals surface area contributed by atoms with E-state index in [9.17, 15) is 18.0 Å². The largest absolute Gasteiger partial charge is 0.511 e. The Morgan fingerprint density at radius 3 is 2.70 bits per heavy atom. The van der Waals surface area contributed by atoms with Crippen molar-refractivity contribution in [2.24, 2.45) is 0 Å². The van der Waals surface area contributed by atoms with Gasteiger partial charge < -0.3 is 14.6 Å². The van der Waals surface area contributed by atoms with Gasteiger partial charge in [0.1, 0.15) is 5.75 Å². The predicted octanol–water partition coefficient (Wildman–Crippen LogP) is 4.77. The second-order valence-corrected chi connectivity index (χ2v) is 5.63. The lowest BCUT2D eigenvalue weighted by Gasteiger charge is -2.27. The molecule has 1 atom stereocenters. The van der Waals surface area contributed by atoms with Gasteiger partial charge in [0.15, 0.2) is 5.76 Å². The summed E-state index contributed by atoms with van der Waals surface area (Å²) in [4.78, 5) is 11.6. The third kappa shape index (κ3) is 3.16. The van der Waals surface area contributed by atoms with Gasteiger partial charge in [-0.2, -0.15) is 13.2 Å². The Bertz CT molecular complexity index is 766. The number of rotatable bonds is 2. The summed E-state index contributed by atoms with van der Waals surface area (Å²) in [5, 5.41) is 10.5. The first-order valence-electron chi connectivity index (χ1n) is 6.38. The highest BCUT2D eigenvalue weighted by Gasteiger charge is 2.48. The molecule has 23 heavy (non-hydrogen) atoms. The van der Waals surface area contributed by atoms with Crippen LogP contribution in [0.25, 0.3) is 16.5 Å². The summed E-state index contributed by atoms with van der Waals surface area (Å²) >= 11 is 1.48. The molecule has 1 aliphatic rings. The maximum absolute atomic E-state index is 13.0. The molecule has 1 aliphatic heterocycles. The van der Waals surface area contributed by atoms with E-state index in [4.69, 9.17) is 9.84 Å². The van der Waals surface area contributed by atoms with Gasteiger partial charge in [-0.1, -0.05) is 6.07 Å². The van der Waals surface area contributed by atoms with E-state index in [0.29, 0.717) is 5.56 Å². The Morgan fingerprint density at radius 2 is 2.09 bits per heavy atom. The maximum atomic E-state index is 13.0. The van der Waals surface area contributed by atoms with Crippen LogP contribution in [-0.4, -0.2) is 23.5 Å². The van der Waals surface area contributed by atoms with E-state index in [-0.39, 0.29) is 5.75 Å². The molecule has 0 spiro atoms. The average Bonchev–Trinajstić information content (AvgIpc) is 2.98. The molecule has 0 aliphatic carbocycles. The van der Waals surface area contributed by atoms with Crippen molar-refractivity contribution in [2.45, 2.75) is 12.3 Å². The van der Waals surface area contributed by atoms with Crippen LogP contribution in [0, 0.1) is 0 Å². The van der Waals surface area contributed by atoms with Crippen LogP contribution in [0.1, 0.15) is 5.56 Å².